The van der Waals surface area contributed by atoms with Gasteiger partial charge in [0, 0.05) is 11.1 Å². The van der Waals surface area contributed by atoms with Crippen molar-refractivity contribution in [2.75, 3.05) is 0 Å². The monoisotopic (exact) mass is 422 g/mol. The molecule has 0 amide bonds. The quantitative estimate of drug-likeness (QED) is 0.294. The molecule has 2 heterocycles. The summed E-state index contributed by atoms with van der Waals surface area (Å²) in [5.74, 6) is 1.52. The third-order valence-electron chi connectivity index (χ3n) is 6.08. The predicted octanol–water partition coefficient (Wildman–Crippen LogP) is 7.93. The SMILES string of the molecule is CC(C)Cc1ccc2occ(-c3nc4ccccc4n3-c3ccc(C(C)(C)C)cc3)c2c1. The molecular formula is C29H30N2O. The zero-order valence-electron chi connectivity index (χ0n) is 19.5. The Balaban J connectivity index is 1.72. The average molecular weight is 423 g/mol. The smallest absolute Gasteiger partial charge is 0.149 e. The van der Waals surface area contributed by atoms with E-state index in [0.717, 1.165) is 45.5 Å². The molecule has 0 N–H and O–H groups in total. The molecule has 2 aromatic heterocycles. The minimum absolute atomic E-state index is 0.117. The van der Waals surface area contributed by atoms with Crippen molar-refractivity contribution >= 4 is 22.0 Å². The highest BCUT2D eigenvalue weighted by Crippen LogP contribution is 2.35. The van der Waals surface area contributed by atoms with E-state index in [1.807, 2.05) is 12.3 Å². The van der Waals surface area contributed by atoms with Gasteiger partial charge in [0.25, 0.3) is 0 Å². The summed E-state index contributed by atoms with van der Waals surface area (Å²) in [6, 6.07) is 23.7. The van der Waals surface area contributed by atoms with Crippen LogP contribution < -0.4 is 0 Å². The number of hydrogen-bond donors (Lipinski definition) is 0. The van der Waals surface area contributed by atoms with Crippen molar-refractivity contribution in [3.8, 4) is 17.1 Å². The summed E-state index contributed by atoms with van der Waals surface area (Å²) in [5.41, 5.74) is 7.87. The predicted molar refractivity (Wildman–Crippen MR) is 134 cm³/mol. The Bertz CT molecular complexity index is 1400. The van der Waals surface area contributed by atoms with Crippen LogP contribution in [-0.4, -0.2) is 9.55 Å². The molecule has 3 aromatic carbocycles. The molecular weight excluding hydrogens is 392 g/mol. The molecule has 32 heavy (non-hydrogen) atoms. The van der Waals surface area contributed by atoms with Gasteiger partial charge in [0.1, 0.15) is 17.7 Å². The average Bonchev–Trinajstić information content (AvgIpc) is 3.33. The number of benzene rings is 3. The molecule has 0 fully saturated rings. The first-order chi connectivity index (χ1) is 15.3. The van der Waals surface area contributed by atoms with Crippen LogP contribution >= 0.6 is 0 Å². The summed E-state index contributed by atoms with van der Waals surface area (Å²) in [4.78, 5) is 5.05. The number of imidazole rings is 1. The van der Waals surface area contributed by atoms with Crippen LogP contribution in [0.5, 0.6) is 0 Å². The third-order valence-corrected chi connectivity index (χ3v) is 6.08. The maximum Gasteiger partial charge on any atom is 0.149 e. The molecule has 3 nitrogen and oxygen atoms in total. The van der Waals surface area contributed by atoms with Gasteiger partial charge in [-0.2, -0.15) is 0 Å². The summed E-state index contributed by atoms with van der Waals surface area (Å²) in [6.07, 6.45) is 2.90. The summed E-state index contributed by atoms with van der Waals surface area (Å²) in [7, 11) is 0. The molecule has 0 saturated heterocycles. The topological polar surface area (TPSA) is 31.0 Å². The van der Waals surface area contributed by atoms with Crippen molar-refractivity contribution in [1.29, 1.82) is 0 Å². The van der Waals surface area contributed by atoms with Gasteiger partial charge in [-0.25, -0.2) is 4.98 Å². The van der Waals surface area contributed by atoms with Gasteiger partial charge in [0.2, 0.25) is 0 Å². The van der Waals surface area contributed by atoms with Gasteiger partial charge in [0.05, 0.1) is 16.6 Å². The number of para-hydroxylation sites is 2. The number of hydrogen-bond acceptors (Lipinski definition) is 2. The van der Waals surface area contributed by atoms with Crippen molar-refractivity contribution in [3.63, 3.8) is 0 Å². The Hall–Kier alpha value is -3.33. The van der Waals surface area contributed by atoms with Crippen LogP contribution in [0.25, 0.3) is 39.1 Å². The van der Waals surface area contributed by atoms with Gasteiger partial charge in [-0.3, -0.25) is 4.57 Å². The summed E-state index contributed by atoms with van der Waals surface area (Å²) >= 11 is 0. The molecule has 5 rings (SSSR count). The van der Waals surface area contributed by atoms with Crippen LogP contribution in [0.3, 0.4) is 0 Å². The highest BCUT2D eigenvalue weighted by molar-refractivity contribution is 5.95. The van der Waals surface area contributed by atoms with E-state index in [0.29, 0.717) is 5.92 Å². The van der Waals surface area contributed by atoms with Crippen molar-refractivity contribution in [3.05, 3.63) is 84.1 Å². The van der Waals surface area contributed by atoms with Gasteiger partial charge in [-0.05, 0) is 65.3 Å². The van der Waals surface area contributed by atoms with Crippen molar-refractivity contribution < 1.29 is 4.42 Å². The van der Waals surface area contributed by atoms with Gasteiger partial charge >= 0.3 is 0 Å². The molecule has 0 radical (unpaired) electrons. The van der Waals surface area contributed by atoms with Crippen LogP contribution in [0.2, 0.25) is 0 Å². The number of furan rings is 1. The maximum atomic E-state index is 5.96. The Morgan fingerprint density at radius 3 is 2.41 bits per heavy atom. The standard InChI is InChI=1S/C29H30N2O/c1-19(2)16-20-10-15-27-23(17-20)24(18-32-27)28-30-25-8-6-7-9-26(25)31(28)22-13-11-21(12-14-22)29(3,4)5/h6-15,17-19H,16H2,1-5H3. The zero-order chi connectivity index (χ0) is 22.5. The second kappa shape index (κ2) is 7.67. The Morgan fingerprint density at radius 1 is 0.938 bits per heavy atom. The highest BCUT2D eigenvalue weighted by Gasteiger charge is 2.20. The first-order valence-corrected chi connectivity index (χ1v) is 11.4. The minimum Gasteiger partial charge on any atom is -0.464 e. The first kappa shape index (κ1) is 20.6. The van der Waals surface area contributed by atoms with Crippen LogP contribution in [-0.2, 0) is 11.8 Å². The molecule has 0 saturated carbocycles. The third kappa shape index (κ3) is 3.62. The fraction of sp³-hybridized carbons (Fsp3) is 0.276. The lowest BCUT2D eigenvalue weighted by Gasteiger charge is -2.19. The molecule has 0 atom stereocenters. The molecule has 3 heteroatoms. The molecule has 0 unspecified atom stereocenters. The number of fused-ring (bicyclic) bond motifs is 2. The van der Waals surface area contributed by atoms with Crippen molar-refractivity contribution in [2.24, 2.45) is 5.92 Å². The zero-order valence-corrected chi connectivity index (χ0v) is 19.5. The largest absolute Gasteiger partial charge is 0.464 e. The number of nitrogens with zero attached hydrogens (tertiary/aromatic N) is 2. The van der Waals surface area contributed by atoms with Crippen molar-refractivity contribution in [1.82, 2.24) is 9.55 Å². The normalized spacial score (nSPS) is 12.3. The summed E-state index contributed by atoms with van der Waals surface area (Å²) < 4.78 is 8.21. The summed E-state index contributed by atoms with van der Waals surface area (Å²) in [5, 5.41) is 1.12. The Labute approximate surface area is 189 Å². The van der Waals surface area contributed by atoms with Crippen LogP contribution in [0.15, 0.2) is 77.4 Å². The Kier molecular flexibility index (Phi) is 4.93. The van der Waals surface area contributed by atoms with E-state index >= 15 is 0 Å². The fourth-order valence-corrected chi connectivity index (χ4v) is 4.43. The van der Waals surface area contributed by atoms with E-state index in [2.05, 4.69) is 99.8 Å². The van der Waals surface area contributed by atoms with Crippen LogP contribution in [0, 0.1) is 5.92 Å². The summed E-state index contributed by atoms with van der Waals surface area (Å²) in [6.45, 7) is 11.2. The van der Waals surface area contributed by atoms with Gasteiger partial charge in [-0.15, -0.1) is 0 Å². The second-order valence-electron chi connectivity index (χ2n) is 10.1. The molecule has 162 valence electrons. The van der Waals surface area contributed by atoms with Crippen molar-refractivity contribution in [2.45, 2.75) is 46.5 Å². The molecule has 0 aliphatic carbocycles. The molecule has 0 aliphatic heterocycles. The second-order valence-corrected chi connectivity index (χ2v) is 10.1. The van der Waals surface area contributed by atoms with Gasteiger partial charge in [-0.1, -0.05) is 65.0 Å². The van der Waals surface area contributed by atoms with E-state index in [-0.39, 0.29) is 5.41 Å². The lowest BCUT2D eigenvalue weighted by Crippen LogP contribution is -2.11. The van der Waals surface area contributed by atoms with E-state index in [1.165, 1.54) is 11.1 Å². The Morgan fingerprint density at radius 2 is 1.69 bits per heavy atom. The van der Waals surface area contributed by atoms with Gasteiger partial charge in [0.15, 0.2) is 0 Å². The van der Waals surface area contributed by atoms with Gasteiger partial charge < -0.3 is 4.42 Å². The lowest BCUT2D eigenvalue weighted by molar-refractivity contribution is 0.590. The maximum absolute atomic E-state index is 5.96. The minimum atomic E-state index is 0.117. The van der Waals surface area contributed by atoms with Crippen LogP contribution in [0.1, 0.15) is 45.7 Å². The number of aromatic nitrogens is 2. The van der Waals surface area contributed by atoms with E-state index in [1.54, 1.807) is 0 Å². The molecule has 5 aromatic rings. The van der Waals surface area contributed by atoms with E-state index in [4.69, 9.17) is 9.40 Å². The highest BCUT2D eigenvalue weighted by atomic mass is 16.3. The lowest BCUT2D eigenvalue weighted by atomic mass is 9.87. The van der Waals surface area contributed by atoms with Crippen LogP contribution in [0.4, 0.5) is 0 Å². The number of rotatable bonds is 4. The fourth-order valence-electron chi connectivity index (χ4n) is 4.43. The molecule has 0 spiro atoms. The van der Waals surface area contributed by atoms with E-state index in [9.17, 15) is 0 Å². The molecule has 0 bridgehead atoms. The molecule has 0 aliphatic rings. The first-order valence-electron chi connectivity index (χ1n) is 11.4. The van der Waals surface area contributed by atoms with E-state index < -0.39 is 0 Å².